The molecule has 0 radical (unpaired) electrons. The number of aliphatic carboxylic acids is 1. The van der Waals surface area contributed by atoms with Gasteiger partial charge in [-0.1, -0.05) is 24.3 Å². The molecule has 0 spiro atoms. The van der Waals surface area contributed by atoms with E-state index in [1.54, 1.807) is 0 Å². The minimum Gasteiger partial charge on any atom is -0.481 e. The zero-order chi connectivity index (χ0) is 11.6. The Balaban J connectivity index is 1.91. The van der Waals surface area contributed by atoms with Crippen molar-refractivity contribution < 1.29 is 9.90 Å². The van der Waals surface area contributed by atoms with Gasteiger partial charge in [0.25, 0.3) is 0 Å². The lowest BCUT2D eigenvalue weighted by molar-refractivity contribution is -0.150. The number of carboxylic acid groups (broad SMARTS) is 1. The predicted octanol–water partition coefficient (Wildman–Crippen LogP) is 3.14. The van der Waals surface area contributed by atoms with Crippen LogP contribution in [-0.2, 0) is 4.79 Å². The molecule has 1 N–H and O–H groups in total. The topological polar surface area (TPSA) is 37.3 Å². The number of carbonyl (C=O) groups is 1. The molecule has 0 aliphatic heterocycles. The fourth-order valence-corrected chi connectivity index (χ4v) is 4.77. The second-order valence-electron chi connectivity index (χ2n) is 6.06. The van der Waals surface area contributed by atoms with Gasteiger partial charge >= 0.3 is 5.97 Å². The summed E-state index contributed by atoms with van der Waals surface area (Å²) < 4.78 is 0. The summed E-state index contributed by atoms with van der Waals surface area (Å²) in [7, 11) is 0. The Labute approximate surface area is 101 Å². The Hall–Kier alpha value is -1.31. The van der Waals surface area contributed by atoms with Crippen molar-refractivity contribution in [1.82, 2.24) is 0 Å². The molecule has 5 rings (SSSR count). The summed E-state index contributed by atoms with van der Waals surface area (Å²) in [5, 5.41) is 9.62. The summed E-state index contributed by atoms with van der Waals surface area (Å²) in [6.07, 6.45) is 3.95. The van der Waals surface area contributed by atoms with Crippen LogP contribution in [0.5, 0.6) is 0 Å². The Bertz CT molecular complexity index is 470. The van der Waals surface area contributed by atoms with E-state index in [1.807, 2.05) is 0 Å². The smallest absolute Gasteiger partial charge is 0.309 e. The molecule has 1 aromatic rings. The van der Waals surface area contributed by atoms with Crippen LogP contribution < -0.4 is 0 Å². The first-order valence-corrected chi connectivity index (χ1v) is 6.53. The lowest BCUT2D eigenvalue weighted by atomic mass is 9.80. The molecule has 2 saturated carbocycles. The Kier molecular flexibility index (Phi) is 1.67. The molecule has 2 unspecified atom stereocenters. The molecule has 1 aromatic carbocycles. The second kappa shape index (κ2) is 2.92. The van der Waals surface area contributed by atoms with Gasteiger partial charge in [-0.2, -0.15) is 0 Å². The minimum absolute atomic E-state index is 0.394. The molecule has 0 saturated heterocycles. The van der Waals surface area contributed by atoms with Crippen LogP contribution in [0.3, 0.4) is 0 Å². The van der Waals surface area contributed by atoms with Crippen LogP contribution in [0.25, 0.3) is 0 Å². The van der Waals surface area contributed by atoms with Crippen molar-refractivity contribution in [3.05, 3.63) is 35.4 Å². The van der Waals surface area contributed by atoms with Gasteiger partial charge in [0.1, 0.15) is 0 Å². The van der Waals surface area contributed by atoms with Gasteiger partial charge in [-0.25, -0.2) is 0 Å². The molecule has 2 heteroatoms. The highest BCUT2D eigenvalue weighted by Gasteiger charge is 2.60. The van der Waals surface area contributed by atoms with E-state index in [0.717, 1.165) is 25.7 Å². The molecule has 88 valence electrons. The fraction of sp³-hybridized carbons (Fsp3) is 0.533. The number of hydrogen-bond acceptors (Lipinski definition) is 1. The zero-order valence-electron chi connectivity index (χ0n) is 9.73. The van der Waals surface area contributed by atoms with Crippen molar-refractivity contribution in [3.8, 4) is 0 Å². The summed E-state index contributed by atoms with van der Waals surface area (Å²) >= 11 is 0. The summed E-state index contributed by atoms with van der Waals surface area (Å²) in [5.41, 5.74) is 2.50. The molecule has 4 bridgehead atoms. The van der Waals surface area contributed by atoms with Gasteiger partial charge in [0.2, 0.25) is 0 Å². The van der Waals surface area contributed by atoms with Gasteiger partial charge < -0.3 is 5.11 Å². The average molecular weight is 228 g/mol. The maximum Gasteiger partial charge on any atom is 0.309 e. The van der Waals surface area contributed by atoms with Gasteiger partial charge in [-0.3, -0.25) is 4.79 Å². The van der Waals surface area contributed by atoms with Crippen molar-refractivity contribution in [1.29, 1.82) is 0 Å². The summed E-state index contributed by atoms with van der Waals surface area (Å²) in [4.78, 5) is 11.7. The van der Waals surface area contributed by atoms with Crippen LogP contribution in [0.2, 0.25) is 0 Å². The third kappa shape index (κ3) is 1.04. The van der Waals surface area contributed by atoms with E-state index in [1.165, 1.54) is 11.1 Å². The Morgan fingerprint density at radius 1 is 1.12 bits per heavy atom. The maximum absolute atomic E-state index is 11.7. The number of benzene rings is 1. The Morgan fingerprint density at radius 3 is 2.06 bits per heavy atom. The number of rotatable bonds is 1. The third-order valence-corrected chi connectivity index (χ3v) is 5.44. The van der Waals surface area contributed by atoms with Gasteiger partial charge in [0.05, 0.1) is 5.41 Å². The van der Waals surface area contributed by atoms with Crippen molar-refractivity contribution in [2.24, 2.45) is 11.3 Å². The molecule has 2 nitrogen and oxygen atoms in total. The van der Waals surface area contributed by atoms with Gasteiger partial charge in [-0.15, -0.1) is 0 Å². The lowest BCUT2D eigenvalue weighted by Gasteiger charge is -2.23. The molecule has 4 aliphatic carbocycles. The summed E-state index contributed by atoms with van der Waals surface area (Å²) in [6, 6.07) is 8.64. The van der Waals surface area contributed by atoms with E-state index in [2.05, 4.69) is 24.3 Å². The van der Waals surface area contributed by atoms with E-state index in [-0.39, 0.29) is 0 Å². The minimum atomic E-state index is -0.541. The number of carboxylic acids is 1. The van der Waals surface area contributed by atoms with Crippen molar-refractivity contribution in [3.63, 3.8) is 0 Å². The predicted molar refractivity (Wildman–Crippen MR) is 64.0 cm³/mol. The third-order valence-electron chi connectivity index (χ3n) is 5.44. The highest BCUT2D eigenvalue weighted by atomic mass is 16.4. The first kappa shape index (κ1) is 9.69. The molecular formula is C15H16O2. The first-order valence-electron chi connectivity index (χ1n) is 6.53. The zero-order valence-corrected chi connectivity index (χ0v) is 9.73. The van der Waals surface area contributed by atoms with Crippen molar-refractivity contribution in [2.45, 2.75) is 37.5 Å². The van der Waals surface area contributed by atoms with E-state index in [0.29, 0.717) is 17.8 Å². The van der Waals surface area contributed by atoms with Crippen LogP contribution in [0.4, 0.5) is 0 Å². The van der Waals surface area contributed by atoms with Gasteiger partial charge in [0, 0.05) is 0 Å². The fourth-order valence-electron chi connectivity index (χ4n) is 4.77. The van der Waals surface area contributed by atoms with Crippen LogP contribution in [0.15, 0.2) is 24.3 Å². The molecule has 2 atom stereocenters. The standard InChI is InChI=1S/C15H16O2/c16-14(17)15-7-9-5-11(15)6-10(8-15)13-4-2-1-3-12(9)13/h1-4,9-11H,5-8H2,(H,16,17). The maximum atomic E-state index is 11.7. The van der Waals surface area contributed by atoms with E-state index in [4.69, 9.17) is 0 Å². The van der Waals surface area contributed by atoms with E-state index in [9.17, 15) is 9.90 Å². The molecular weight excluding hydrogens is 212 g/mol. The monoisotopic (exact) mass is 228 g/mol. The molecule has 17 heavy (non-hydrogen) atoms. The summed E-state index contributed by atoms with van der Waals surface area (Å²) in [5.74, 6) is 0.877. The second-order valence-corrected chi connectivity index (χ2v) is 6.06. The number of hydrogen-bond donors (Lipinski definition) is 1. The molecule has 0 heterocycles. The highest BCUT2D eigenvalue weighted by Crippen LogP contribution is 2.66. The van der Waals surface area contributed by atoms with E-state index >= 15 is 0 Å². The Morgan fingerprint density at radius 2 is 1.65 bits per heavy atom. The molecule has 4 aliphatic rings. The van der Waals surface area contributed by atoms with Gasteiger partial charge in [0.15, 0.2) is 0 Å². The lowest BCUT2D eigenvalue weighted by Crippen LogP contribution is -2.30. The summed E-state index contributed by atoms with van der Waals surface area (Å²) in [6.45, 7) is 0. The van der Waals surface area contributed by atoms with Crippen LogP contribution in [0.1, 0.15) is 48.6 Å². The quantitative estimate of drug-likeness (QED) is 0.801. The molecule has 0 amide bonds. The van der Waals surface area contributed by atoms with Gasteiger partial charge in [-0.05, 0) is 54.6 Å². The first-order chi connectivity index (χ1) is 8.21. The molecule has 2 fully saturated rings. The van der Waals surface area contributed by atoms with Crippen molar-refractivity contribution in [2.75, 3.05) is 0 Å². The molecule has 0 aromatic heterocycles. The average Bonchev–Trinajstić information content (AvgIpc) is 2.72. The largest absolute Gasteiger partial charge is 0.481 e. The van der Waals surface area contributed by atoms with Crippen molar-refractivity contribution >= 4 is 5.97 Å². The highest BCUT2D eigenvalue weighted by molar-refractivity contribution is 5.77. The SMILES string of the molecule is O=C(O)C12CC3CC1CC(C2)c1ccccc13. The van der Waals surface area contributed by atoms with E-state index < -0.39 is 11.4 Å². The van der Waals surface area contributed by atoms with Crippen LogP contribution >= 0.6 is 0 Å². The van der Waals surface area contributed by atoms with Crippen LogP contribution in [0, 0.1) is 11.3 Å². The normalized spacial score (nSPS) is 41.3. The van der Waals surface area contributed by atoms with Crippen LogP contribution in [-0.4, -0.2) is 11.1 Å².